The molecular formula is C83H87B2N5O. The quantitative estimate of drug-likeness (QED) is 0.160. The summed E-state index contributed by atoms with van der Waals surface area (Å²) in [4.78, 5) is 12.9. The lowest BCUT2D eigenvalue weighted by atomic mass is 9.35. The number of para-hydroxylation sites is 4. The average Bonchev–Trinajstić information content (AvgIpc) is 1.61. The molecule has 0 bridgehead atoms. The number of hydrogen-bond acceptors (Lipinski definition) is 6. The van der Waals surface area contributed by atoms with Crippen molar-refractivity contribution in [2.24, 2.45) is 0 Å². The highest BCUT2D eigenvalue weighted by molar-refractivity contribution is 7.02. The van der Waals surface area contributed by atoms with Gasteiger partial charge in [0.2, 0.25) is 0 Å². The molecular weight excluding hydrogens is 1100 g/mol. The largest absolute Gasteiger partial charge is 0.480 e. The number of anilines is 15. The summed E-state index contributed by atoms with van der Waals surface area (Å²) in [6.45, 7) is 44.1. The zero-order valence-corrected chi connectivity index (χ0v) is 57.1. The first-order chi connectivity index (χ1) is 42.8. The summed E-state index contributed by atoms with van der Waals surface area (Å²) in [6, 6.07) is 70.5. The van der Waals surface area contributed by atoms with Gasteiger partial charge in [-0.1, -0.05) is 210 Å². The lowest BCUT2D eigenvalue weighted by molar-refractivity contribution is 0.568. The summed E-state index contributed by atoms with van der Waals surface area (Å²) in [6.07, 6.45) is 0. The summed E-state index contributed by atoms with van der Waals surface area (Å²) in [5, 5.41) is 0. The Morgan fingerprint density at radius 3 is 1.12 bits per heavy atom. The molecule has 9 aromatic carbocycles. The number of rotatable bonds is 5. The summed E-state index contributed by atoms with van der Waals surface area (Å²) in [7, 11) is 0. The second-order valence-electron chi connectivity index (χ2n) is 32.9. The van der Waals surface area contributed by atoms with E-state index in [-0.39, 0.29) is 45.9 Å². The normalized spacial score (nSPS) is 14.6. The van der Waals surface area contributed by atoms with Gasteiger partial charge in [0, 0.05) is 56.9 Å². The minimum absolute atomic E-state index is 0.0875. The van der Waals surface area contributed by atoms with E-state index in [4.69, 9.17) is 4.42 Å². The zero-order valence-electron chi connectivity index (χ0n) is 57.1. The van der Waals surface area contributed by atoms with Gasteiger partial charge in [0.15, 0.2) is 0 Å². The molecule has 1 aromatic heterocycles. The van der Waals surface area contributed by atoms with Crippen molar-refractivity contribution in [3.05, 3.63) is 221 Å². The van der Waals surface area contributed by atoms with Crippen LogP contribution in [0.5, 0.6) is 0 Å². The summed E-state index contributed by atoms with van der Waals surface area (Å²) in [5.74, 6) is 0. The van der Waals surface area contributed by atoms with Crippen molar-refractivity contribution in [2.45, 2.75) is 164 Å². The Balaban J connectivity index is 1.08. The van der Waals surface area contributed by atoms with E-state index in [1.165, 1.54) is 83.5 Å². The van der Waals surface area contributed by atoms with Crippen molar-refractivity contribution < 1.29 is 4.42 Å². The third-order valence-electron chi connectivity index (χ3n) is 20.2. The number of furan rings is 1. The van der Waals surface area contributed by atoms with E-state index in [9.17, 15) is 0 Å². The van der Waals surface area contributed by atoms with E-state index in [2.05, 4.69) is 338 Å². The molecule has 5 aliphatic rings. The maximum Gasteiger partial charge on any atom is 0.297 e. The molecule has 0 fully saturated rings. The first-order valence-electron chi connectivity index (χ1n) is 33.1. The van der Waals surface area contributed by atoms with E-state index in [1.807, 2.05) is 0 Å². The Morgan fingerprint density at radius 2 is 0.670 bits per heavy atom. The fourth-order valence-electron chi connectivity index (χ4n) is 15.1. The minimum atomic E-state index is -0.283. The van der Waals surface area contributed by atoms with E-state index >= 15 is 0 Å². The van der Waals surface area contributed by atoms with Crippen LogP contribution in [0.2, 0.25) is 0 Å². The molecule has 456 valence electrons. The molecule has 8 heteroatoms. The highest BCUT2D eigenvalue weighted by Crippen LogP contribution is 2.59. The third-order valence-corrected chi connectivity index (χ3v) is 20.2. The number of aryl methyl sites for hydroxylation is 1. The number of benzene rings is 9. The lowest BCUT2D eigenvalue weighted by Gasteiger charge is -2.48. The SMILES string of the molecule is Cc1cc2c3c(c1)N1c4ccccc4N4c5cc(N(c6ccccc6)c6ccccc6)cc6c5B(c5cc(C(C)(C)C)ccc5N6c5cc(C(C)(C)C)cc(C(C)(C)C)c5)c5oc(c1c54)B3c1ccc(C(C)(C)C)cc1N2c1cc(C(C)(C)C)cc(C(C)(C)C)c1. The van der Waals surface area contributed by atoms with E-state index in [1.54, 1.807) is 0 Å². The van der Waals surface area contributed by atoms with Crippen LogP contribution in [0.4, 0.5) is 85.3 Å². The van der Waals surface area contributed by atoms with Gasteiger partial charge >= 0.3 is 0 Å². The van der Waals surface area contributed by atoms with Gasteiger partial charge in [-0.15, -0.1) is 0 Å². The minimum Gasteiger partial charge on any atom is -0.480 e. The maximum atomic E-state index is 8.33. The molecule has 5 aliphatic heterocycles. The van der Waals surface area contributed by atoms with E-state index in [0.717, 1.165) is 73.9 Å². The predicted molar refractivity (Wildman–Crippen MR) is 392 cm³/mol. The van der Waals surface area contributed by atoms with Crippen molar-refractivity contribution >= 4 is 132 Å². The smallest absolute Gasteiger partial charge is 0.297 e. The molecule has 0 spiro atoms. The summed E-state index contributed by atoms with van der Waals surface area (Å²) < 4.78 is 8.33. The molecule has 0 unspecified atom stereocenters. The van der Waals surface area contributed by atoms with Gasteiger partial charge in [0.1, 0.15) is 11.4 Å². The topological polar surface area (TPSA) is 29.3 Å². The molecule has 6 heterocycles. The van der Waals surface area contributed by atoms with Crippen LogP contribution in [0, 0.1) is 6.92 Å². The van der Waals surface area contributed by atoms with Gasteiger partial charge in [-0.25, -0.2) is 0 Å². The zero-order chi connectivity index (χ0) is 64.1. The van der Waals surface area contributed by atoms with Gasteiger partial charge < -0.3 is 28.9 Å². The Labute approximate surface area is 542 Å². The first kappa shape index (κ1) is 58.7. The van der Waals surface area contributed by atoms with Crippen molar-refractivity contribution in [1.29, 1.82) is 0 Å². The second-order valence-corrected chi connectivity index (χ2v) is 32.9. The van der Waals surface area contributed by atoms with Crippen molar-refractivity contribution in [3.63, 3.8) is 0 Å². The van der Waals surface area contributed by atoms with Gasteiger partial charge in [0.05, 0.1) is 28.4 Å². The van der Waals surface area contributed by atoms with Gasteiger partial charge in [0.25, 0.3) is 13.4 Å². The van der Waals surface area contributed by atoms with Crippen LogP contribution < -0.4 is 57.7 Å². The Hall–Kier alpha value is -8.61. The molecule has 91 heavy (non-hydrogen) atoms. The standard InChI is InChI=1S/C83H87B2N5O/c1-50-38-68-72-69(39-50)89-65-32-26-27-33-66(65)90-71-49-61(86(57-28-22-20-23-29-57)58-30-24-21-25-31-58)48-70-73(71)85(63-46-51(78(2,3)4)35-37-64(63)87(70)59-42-53(80(8,9)10)40-54(43-59)81(11,12)13)77-75(90)74(89)76(91-77)84(72)62-36-34-52(79(5,6)7)47-67(62)88(68)60-44-55(82(14,15)16)41-56(45-60)83(17,18)19/h20-49H,1-19H3. The van der Waals surface area contributed by atoms with Gasteiger partial charge in [-0.2, -0.15) is 0 Å². The molecule has 0 saturated heterocycles. The Bertz CT molecular complexity index is 4540. The summed E-state index contributed by atoms with van der Waals surface area (Å²) >= 11 is 0. The molecule has 0 atom stereocenters. The van der Waals surface area contributed by atoms with E-state index < -0.39 is 0 Å². The highest BCUT2D eigenvalue weighted by Gasteiger charge is 2.56. The van der Waals surface area contributed by atoms with Crippen LogP contribution in [0.3, 0.4) is 0 Å². The highest BCUT2D eigenvalue weighted by atomic mass is 16.3. The average molecular weight is 1190 g/mol. The molecule has 0 saturated carbocycles. The molecule has 0 radical (unpaired) electrons. The number of nitrogens with zero attached hydrogens (tertiary/aromatic N) is 5. The third kappa shape index (κ3) is 9.18. The second kappa shape index (κ2) is 19.7. The fraction of sp³-hybridized carbons (Fsp3) is 0.301. The van der Waals surface area contributed by atoms with Gasteiger partial charge in [-0.3, -0.25) is 0 Å². The number of hydrogen-bond donors (Lipinski definition) is 0. The molecule has 0 aliphatic carbocycles. The van der Waals surface area contributed by atoms with Gasteiger partial charge in [-0.05, 0) is 197 Å². The predicted octanol–water partition coefficient (Wildman–Crippen LogP) is 19.3. The molecule has 10 aromatic rings. The Kier molecular flexibility index (Phi) is 12.7. The monoisotopic (exact) mass is 1190 g/mol. The van der Waals surface area contributed by atoms with Crippen LogP contribution in [-0.4, -0.2) is 13.4 Å². The Morgan fingerprint density at radius 1 is 0.297 bits per heavy atom. The van der Waals surface area contributed by atoms with Crippen LogP contribution in [0.1, 0.15) is 164 Å². The summed E-state index contributed by atoms with van der Waals surface area (Å²) in [5.41, 5.74) is 32.4. The van der Waals surface area contributed by atoms with E-state index in [0.29, 0.717) is 0 Å². The lowest BCUT2D eigenvalue weighted by Crippen LogP contribution is -2.61. The first-order valence-corrected chi connectivity index (χ1v) is 33.1. The molecule has 0 N–H and O–H groups in total. The maximum absolute atomic E-state index is 8.33. The van der Waals surface area contributed by atoms with Crippen LogP contribution in [0.25, 0.3) is 0 Å². The molecule has 0 amide bonds. The number of fused-ring (bicyclic) bond motifs is 11. The molecule has 6 nitrogen and oxygen atoms in total. The molecule has 15 rings (SSSR count). The van der Waals surface area contributed by atoms with Crippen LogP contribution in [0.15, 0.2) is 186 Å². The fourth-order valence-corrected chi connectivity index (χ4v) is 15.1. The van der Waals surface area contributed by atoms with Crippen LogP contribution in [-0.2, 0) is 32.5 Å². The van der Waals surface area contributed by atoms with Crippen molar-refractivity contribution in [3.8, 4) is 0 Å². The van der Waals surface area contributed by atoms with Crippen molar-refractivity contribution in [1.82, 2.24) is 0 Å². The van der Waals surface area contributed by atoms with Crippen LogP contribution >= 0.6 is 0 Å². The van der Waals surface area contributed by atoms with Crippen molar-refractivity contribution in [2.75, 3.05) is 24.5 Å².